The molecule has 0 aromatic heterocycles. The van der Waals surface area contributed by atoms with Crippen molar-refractivity contribution in [1.82, 2.24) is 5.32 Å². The number of benzene rings is 1. The van der Waals surface area contributed by atoms with Crippen molar-refractivity contribution in [2.45, 2.75) is 26.6 Å². The summed E-state index contributed by atoms with van der Waals surface area (Å²) in [7, 11) is 0. The van der Waals surface area contributed by atoms with Gasteiger partial charge in [0.1, 0.15) is 0 Å². The number of nitrogens with one attached hydrogen (secondary N) is 1. The zero-order valence-corrected chi connectivity index (χ0v) is 12.1. The standard InChI is InChI=1S/C13H17F3N2O.ClH/c1-12(2,8-17)11(19)18-7-9-4-3-5-10(6-9)13(14,15)16;/h3-6H,7-8,17H2,1-2H3,(H,18,19);1H. The van der Waals surface area contributed by atoms with Crippen molar-refractivity contribution in [2.75, 3.05) is 6.54 Å². The SMILES string of the molecule is CC(C)(CN)C(=O)NCc1cccc(C(F)(F)F)c1.Cl. The molecule has 0 saturated heterocycles. The van der Waals surface area contributed by atoms with Crippen LogP contribution in [0.4, 0.5) is 13.2 Å². The highest BCUT2D eigenvalue weighted by Gasteiger charge is 2.30. The Morgan fingerprint density at radius 3 is 2.40 bits per heavy atom. The van der Waals surface area contributed by atoms with Crippen LogP contribution in [-0.2, 0) is 17.5 Å². The maximum atomic E-state index is 12.5. The lowest BCUT2D eigenvalue weighted by Gasteiger charge is -2.21. The molecular weight excluding hydrogens is 293 g/mol. The molecule has 0 fully saturated rings. The normalized spacial score (nSPS) is 11.7. The maximum absolute atomic E-state index is 12.5. The van der Waals surface area contributed by atoms with E-state index in [2.05, 4.69) is 5.32 Å². The predicted octanol–water partition coefficient (Wildman–Crippen LogP) is 2.73. The first-order valence-corrected chi connectivity index (χ1v) is 5.81. The number of carbonyl (C=O) groups excluding carboxylic acids is 1. The summed E-state index contributed by atoms with van der Waals surface area (Å²) in [4.78, 5) is 11.7. The number of hydrogen-bond donors (Lipinski definition) is 2. The van der Waals surface area contributed by atoms with Gasteiger partial charge in [0.2, 0.25) is 5.91 Å². The number of rotatable bonds is 4. The van der Waals surface area contributed by atoms with Crippen molar-refractivity contribution in [1.29, 1.82) is 0 Å². The van der Waals surface area contributed by atoms with Gasteiger partial charge in [0, 0.05) is 13.1 Å². The Labute approximate surface area is 122 Å². The molecular formula is C13H18ClF3N2O. The van der Waals surface area contributed by atoms with Crippen LogP contribution in [0.2, 0.25) is 0 Å². The zero-order valence-electron chi connectivity index (χ0n) is 11.3. The van der Waals surface area contributed by atoms with Crippen LogP contribution >= 0.6 is 12.4 Å². The summed E-state index contributed by atoms with van der Waals surface area (Å²) in [5.41, 5.74) is 4.39. The third-order valence-electron chi connectivity index (χ3n) is 2.83. The van der Waals surface area contributed by atoms with Gasteiger partial charge in [-0.05, 0) is 31.5 Å². The quantitative estimate of drug-likeness (QED) is 0.898. The second-order valence-corrected chi connectivity index (χ2v) is 4.97. The molecule has 114 valence electrons. The molecule has 1 aromatic rings. The Balaban J connectivity index is 0.00000361. The van der Waals surface area contributed by atoms with Gasteiger partial charge in [0.15, 0.2) is 0 Å². The van der Waals surface area contributed by atoms with E-state index in [1.807, 2.05) is 0 Å². The molecule has 0 bridgehead atoms. The largest absolute Gasteiger partial charge is 0.416 e. The van der Waals surface area contributed by atoms with Crippen LogP contribution in [0.3, 0.4) is 0 Å². The van der Waals surface area contributed by atoms with Crippen molar-refractivity contribution in [3.05, 3.63) is 35.4 Å². The highest BCUT2D eigenvalue weighted by molar-refractivity contribution is 5.85. The molecule has 0 unspecified atom stereocenters. The molecule has 0 aliphatic heterocycles. The van der Waals surface area contributed by atoms with Crippen LogP contribution in [-0.4, -0.2) is 12.5 Å². The molecule has 20 heavy (non-hydrogen) atoms. The van der Waals surface area contributed by atoms with Crippen molar-refractivity contribution >= 4 is 18.3 Å². The predicted molar refractivity (Wildman–Crippen MR) is 73.4 cm³/mol. The number of alkyl halides is 3. The molecule has 0 radical (unpaired) electrons. The maximum Gasteiger partial charge on any atom is 0.416 e. The van der Waals surface area contributed by atoms with Crippen molar-refractivity contribution < 1.29 is 18.0 Å². The topological polar surface area (TPSA) is 55.1 Å². The molecule has 0 heterocycles. The van der Waals surface area contributed by atoms with Gasteiger partial charge in [0.25, 0.3) is 0 Å². The molecule has 3 N–H and O–H groups in total. The summed E-state index contributed by atoms with van der Waals surface area (Å²) in [6.45, 7) is 3.57. The Hall–Kier alpha value is -1.27. The third-order valence-corrected chi connectivity index (χ3v) is 2.83. The first kappa shape index (κ1) is 18.7. The summed E-state index contributed by atoms with van der Waals surface area (Å²) < 4.78 is 37.5. The molecule has 1 amide bonds. The summed E-state index contributed by atoms with van der Waals surface area (Å²) in [5.74, 6) is -0.285. The fourth-order valence-electron chi connectivity index (χ4n) is 1.37. The third kappa shape index (κ3) is 5.02. The highest BCUT2D eigenvalue weighted by Crippen LogP contribution is 2.29. The molecule has 0 saturated carbocycles. The van der Waals surface area contributed by atoms with Crippen LogP contribution in [0.15, 0.2) is 24.3 Å². The van der Waals surface area contributed by atoms with Crippen LogP contribution in [0, 0.1) is 5.41 Å². The van der Waals surface area contributed by atoms with Crippen molar-refractivity contribution in [3.8, 4) is 0 Å². The first-order valence-electron chi connectivity index (χ1n) is 5.81. The van der Waals surface area contributed by atoms with Gasteiger partial charge >= 0.3 is 6.18 Å². The van der Waals surface area contributed by atoms with Gasteiger partial charge in [0.05, 0.1) is 11.0 Å². The van der Waals surface area contributed by atoms with E-state index >= 15 is 0 Å². The van der Waals surface area contributed by atoms with Gasteiger partial charge in [-0.2, -0.15) is 13.2 Å². The molecule has 3 nitrogen and oxygen atoms in total. The van der Waals surface area contributed by atoms with E-state index in [0.29, 0.717) is 5.56 Å². The molecule has 7 heteroatoms. The fraction of sp³-hybridized carbons (Fsp3) is 0.462. The molecule has 1 rings (SSSR count). The van der Waals surface area contributed by atoms with Crippen LogP contribution < -0.4 is 11.1 Å². The van der Waals surface area contributed by atoms with Gasteiger partial charge in [-0.3, -0.25) is 4.79 Å². The average Bonchev–Trinajstić information content (AvgIpc) is 2.35. The molecule has 0 aliphatic carbocycles. The lowest BCUT2D eigenvalue weighted by molar-refractivity contribution is -0.137. The number of nitrogens with two attached hydrogens (primary N) is 1. The Kier molecular flexibility index (Phi) is 6.50. The molecule has 1 aromatic carbocycles. The summed E-state index contributed by atoms with van der Waals surface area (Å²) in [6.07, 6.45) is -4.38. The second kappa shape index (κ2) is 6.95. The van der Waals surface area contributed by atoms with E-state index in [1.165, 1.54) is 12.1 Å². The van der Waals surface area contributed by atoms with Gasteiger partial charge in [-0.25, -0.2) is 0 Å². The Bertz CT molecular complexity index is 461. The number of amides is 1. The van der Waals surface area contributed by atoms with Crippen molar-refractivity contribution in [2.24, 2.45) is 11.1 Å². The highest BCUT2D eigenvalue weighted by atomic mass is 35.5. The number of halogens is 4. The van der Waals surface area contributed by atoms with Gasteiger partial charge in [-0.15, -0.1) is 12.4 Å². The first-order chi connectivity index (χ1) is 8.66. The van der Waals surface area contributed by atoms with E-state index in [-0.39, 0.29) is 31.4 Å². The molecule has 0 spiro atoms. The van der Waals surface area contributed by atoms with E-state index < -0.39 is 17.2 Å². The average molecular weight is 311 g/mol. The monoisotopic (exact) mass is 310 g/mol. The second-order valence-electron chi connectivity index (χ2n) is 4.97. The van der Waals surface area contributed by atoms with E-state index in [9.17, 15) is 18.0 Å². The summed E-state index contributed by atoms with van der Waals surface area (Å²) >= 11 is 0. The minimum absolute atomic E-state index is 0. The van der Waals surface area contributed by atoms with Crippen molar-refractivity contribution in [3.63, 3.8) is 0 Å². The zero-order chi connectivity index (χ0) is 14.7. The van der Waals surface area contributed by atoms with Crippen LogP contribution in [0.1, 0.15) is 25.0 Å². The number of carbonyl (C=O) groups is 1. The lowest BCUT2D eigenvalue weighted by atomic mass is 9.92. The fourth-order valence-corrected chi connectivity index (χ4v) is 1.37. The van der Waals surface area contributed by atoms with E-state index in [4.69, 9.17) is 5.73 Å². The Morgan fingerprint density at radius 1 is 1.30 bits per heavy atom. The molecule has 0 atom stereocenters. The Morgan fingerprint density at radius 2 is 1.90 bits per heavy atom. The number of hydrogen-bond acceptors (Lipinski definition) is 2. The van der Waals surface area contributed by atoms with Gasteiger partial charge < -0.3 is 11.1 Å². The summed E-state index contributed by atoms with van der Waals surface area (Å²) in [5, 5.41) is 2.58. The van der Waals surface area contributed by atoms with Gasteiger partial charge in [-0.1, -0.05) is 12.1 Å². The minimum atomic E-state index is -4.38. The minimum Gasteiger partial charge on any atom is -0.352 e. The van der Waals surface area contributed by atoms with E-state index in [0.717, 1.165) is 12.1 Å². The summed E-state index contributed by atoms with van der Waals surface area (Å²) in [6, 6.07) is 4.87. The van der Waals surface area contributed by atoms with Crippen LogP contribution in [0.5, 0.6) is 0 Å². The van der Waals surface area contributed by atoms with Crippen LogP contribution in [0.25, 0.3) is 0 Å². The smallest absolute Gasteiger partial charge is 0.352 e. The molecule has 0 aliphatic rings. The lowest BCUT2D eigenvalue weighted by Crippen LogP contribution is -2.41. The van der Waals surface area contributed by atoms with E-state index in [1.54, 1.807) is 13.8 Å².